The van der Waals surface area contributed by atoms with E-state index in [4.69, 9.17) is 28.6 Å². The second-order valence-corrected chi connectivity index (χ2v) is 8.67. The molecule has 3 aromatic carbocycles. The van der Waals surface area contributed by atoms with E-state index in [2.05, 4.69) is 10.6 Å². The second kappa shape index (κ2) is 11.8. The largest absolute Gasteiger partial charge is 0.461 e. The first-order valence-corrected chi connectivity index (χ1v) is 11.5. The number of amides is 2. The van der Waals surface area contributed by atoms with Gasteiger partial charge in [0.1, 0.15) is 0 Å². The fourth-order valence-electron chi connectivity index (χ4n) is 3.26. The number of hydrogen-bond acceptors (Lipinski definition) is 5. The molecule has 0 atom stereocenters. The zero-order valence-electron chi connectivity index (χ0n) is 19.3. The van der Waals surface area contributed by atoms with Gasteiger partial charge in [-0.15, -0.1) is 0 Å². The van der Waals surface area contributed by atoms with Crippen molar-refractivity contribution in [2.45, 2.75) is 0 Å². The first-order chi connectivity index (χ1) is 16.3. The van der Waals surface area contributed by atoms with Crippen molar-refractivity contribution < 1.29 is 14.3 Å². The lowest BCUT2D eigenvalue weighted by molar-refractivity contribution is -0.118. The molecular weight excluding hydrogens is 472 g/mol. The van der Waals surface area contributed by atoms with E-state index >= 15 is 0 Å². The van der Waals surface area contributed by atoms with Crippen LogP contribution in [0.2, 0.25) is 5.02 Å². The summed E-state index contributed by atoms with van der Waals surface area (Å²) in [7, 11) is 5.65. The Hall–Kier alpha value is -3.20. The van der Waals surface area contributed by atoms with Crippen molar-refractivity contribution in [1.29, 1.82) is 0 Å². The first kappa shape index (κ1) is 25.4. The van der Waals surface area contributed by atoms with E-state index in [9.17, 15) is 9.59 Å². The van der Waals surface area contributed by atoms with Gasteiger partial charge in [-0.25, -0.2) is 0 Å². The lowest BCUT2D eigenvalue weighted by atomic mass is 10.1. The number of ether oxygens (including phenoxy) is 1. The summed E-state index contributed by atoms with van der Waals surface area (Å²) in [6, 6.07) is 18.6. The van der Waals surface area contributed by atoms with Gasteiger partial charge in [-0.05, 0) is 56.0 Å². The zero-order valence-corrected chi connectivity index (χ0v) is 20.9. The Morgan fingerprint density at radius 2 is 1.76 bits per heavy atom. The predicted octanol–water partition coefficient (Wildman–Crippen LogP) is 4.16. The van der Waals surface area contributed by atoms with Crippen molar-refractivity contribution >= 4 is 63.0 Å². The summed E-state index contributed by atoms with van der Waals surface area (Å²) in [6.07, 6.45) is 0. The van der Waals surface area contributed by atoms with E-state index in [0.29, 0.717) is 17.8 Å². The normalized spacial score (nSPS) is 10.7. The minimum Gasteiger partial charge on any atom is -0.461 e. The van der Waals surface area contributed by atoms with Crippen LogP contribution in [0.5, 0.6) is 0 Å². The van der Waals surface area contributed by atoms with Gasteiger partial charge in [0.2, 0.25) is 0 Å². The molecule has 0 aliphatic rings. The third-order valence-electron chi connectivity index (χ3n) is 5.08. The maximum atomic E-state index is 12.4. The van der Waals surface area contributed by atoms with Crippen molar-refractivity contribution in [1.82, 2.24) is 10.2 Å². The van der Waals surface area contributed by atoms with Crippen LogP contribution in [0, 0.1) is 0 Å². The molecule has 0 aromatic heterocycles. The van der Waals surface area contributed by atoms with Gasteiger partial charge in [0.25, 0.3) is 17.0 Å². The average molecular weight is 499 g/mol. The summed E-state index contributed by atoms with van der Waals surface area (Å²) in [6.45, 7) is 0.967. The maximum absolute atomic E-state index is 12.4. The van der Waals surface area contributed by atoms with Crippen LogP contribution in [0.1, 0.15) is 10.4 Å². The summed E-state index contributed by atoms with van der Waals surface area (Å²) in [5.41, 5.74) is 1.68. The Balaban J connectivity index is 1.55. The molecule has 0 fully saturated rings. The molecule has 2 amide bonds. The molecule has 3 rings (SSSR count). The molecule has 0 heterocycles. The topological polar surface area (TPSA) is 73.9 Å². The number of fused-ring (bicyclic) bond motifs is 1. The molecule has 0 radical (unpaired) electrons. The van der Waals surface area contributed by atoms with Crippen molar-refractivity contribution in [2.75, 3.05) is 51.1 Å². The van der Waals surface area contributed by atoms with Crippen molar-refractivity contribution in [2.24, 2.45) is 0 Å². The molecule has 7 nitrogen and oxygen atoms in total. The number of anilines is 2. The number of nitrogens with zero attached hydrogens (tertiary/aromatic N) is 2. The number of likely N-dealkylation sites (N-methyl/N-ethyl adjacent to an activating group) is 1. The number of hydrogen-bond donors (Lipinski definition) is 2. The molecule has 0 aliphatic carbocycles. The minimum atomic E-state index is -0.418. The maximum Gasteiger partial charge on any atom is 0.264 e. The highest BCUT2D eigenvalue weighted by molar-refractivity contribution is 7.80. The fraction of sp³-hybridized carbons (Fsp3) is 0.240. The van der Waals surface area contributed by atoms with Gasteiger partial charge in [0.15, 0.2) is 6.61 Å². The van der Waals surface area contributed by atoms with Crippen LogP contribution in [-0.2, 0) is 9.53 Å². The number of nitrogens with one attached hydrogen (secondary N) is 2. The number of carbonyl (C=O) groups excluding carboxylic acids is 2. The molecule has 178 valence electrons. The average Bonchev–Trinajstić information content (AvgIpc) is 2.82. The smallest absolute Gasteiger partial charge is 0.264 e. The third kappa shape index (κ3) is 6.66. The lowest BCUT2D eigenvalue weighted by Crippen LogP contribution is -2.31. The van der Waals surface area contributed by atoms with Gasteiger partial charge < -0.3 is 25.2 Å². The summed E-state index contributed by atoms with van der Waals surface area (Å²) in [4.78, 5) is 28.3. The van der Waals surface area contributed by atoms with E-state index in [-0.39, 0.29) is 22.7 Å². The van der Waals surface area contributed by atoms with E-state index in [0.717, 1.165) is 23.0 Å². The highest BCUT2D eigenvalue weighted by Gasteiger charge is 2.15. The van der Waals surface area contributed by atoms with Gasteiger partial charge in [-0.1, -0.05) is 48.0 Å². The number of thiocarbonyl (C=S) groups is 1. The van der Waals surface area contributed by atoms with E-state index < -0.39 is 5.91 Å². The fourth-order valence-corrected chi connectivity index (χ4v) is 3.65. The van der Waals surface area contributed by atoms with Crippen LogP contribution in [0.25, 0.3) is 10.8 Å². The van der Waals surface area contributed by atoms with Gasteiger partial charge in [0.05, 0.1) is 16.4 Å². The third-order valence-corrected chi connectivity index (χ3v) is 5.78. The summed E-state index contributed by atoms with van der Waals surface area (Å²) in [5.74, 6) is -0.648. The standard InChI is InChI=1S/C25H27ClN4O3S/c1-29(2)14-13-27-24(32)18-11-12-21(20(26)15-18)28-23(31)16-33-25(34)30(3)22-10-6-8-17-7-4-5-9-19(17)22/h4-12,15H,13-14,16H2,1-3H3,(H,27,32)(H,28,31). The molecule has 3 aromatic rings. The molecule has 0 saturated carbocycles. The molecule has 34 heavy (non-hydrogen) atoms. The van der Waals surface area contributed by atoms with E-state index in [1.54, 1.807) is 24.1 Å². The van der Waals surface area contributed by atoms with Crippen molar-refractivity contribution in [3.8, 4) is 0 Å². The predicted molar refractivity (Wildman–Crippen MR) is 142 cm³/mol. The van der Waals surface area contributed by atoms with E-state index in [1.807, 2.05) is 61.5 Å². The Bertz CT molecular complexity index is 1200. The van der Waals surface area contributed by atoms with Crippen LogP contribution >= 0.6 is 23.8 Å². The highest BCUT2D eigenvalue weighted by Crippen LogP contribution is 2.26. The first-order valence-electron chi connectivity index (χ1n) is 10.7. The van der Waals surface area contributed by atoms with Gasteiger partial charge in [-0.3, -0.25) is 9.59 Å². The summed E-state index contributed by atoms with van der Waals surface area (Å²) < 4.78 is 5.54. The number of halogens is 1. The Morgan fingerprint density at radius 1 is 1.03 bits per heavy atom. The highest BCUT2D eigenvalue weighted by atomic mass is 35.5. The van der Waals surface area contributed by atoms with Crippen LogP contribution in [0.3, 0.4) is 0 Å². The lowest BCUT2D eigenvalue weighted by Gasteiger charge is -2.21. The zero-order chi connectivity index (χ0) is 24.7. The monoisotopic (exact) mass is 498 g/mol. The minimum absolute atomic E-state index is 0.169. The molecule has 0 bridgehead atoms. The van der Waals surface area contributed by atoms with Crippen LogP contribution in [0.4, 0.5) is 11.4 Å². The van der Waals surface area contributed by atoms with E-state index in [1.165, 1.54) is 6.07 Å². The Morgan fingerprint density at radius 3 is 2.50 bits per heavy atom. The molecule has 0 saturated heterocycles. The van der Waals surface area contributed by atoms with Crippen LogP contribution < -0.4 is 15.5 Å². The quantitative estimate of drug-likeness (QED) is 0.454. The molecule has 0 spiro atoms. The Labute approximate surface area is 209 Å². The van der Waals surface area contributed by atoms with Crippen molar-refractivity contribution in [3.63, 3.8) is 0 Å². The van der Waals surface area contributed by atoms with Gasteiger partial charge in [0, 0.05) is 31.1 Å². The Kier molecular flexibility index (Phi) is 8.81. The molecule has 0 unspecified atom stereocenters. The summed E-state index contributed by atoms with van der Waals surface area (Å²) >= 11 is 11.7. The number of carbonyl (C=O) groups is 2. The number of rotatable bonds is 8. The van der Waals surface area contributed by atoms with Gasteiger partial charge >= 0.3 is 0 Å². The van der Waals surface area contributed by atoms with Crippen molar-refractivity contribution in [3.05, 3.63) is 71.2 Å². The summed E-state index contributed by atoms with van der Waals surface area (Å²) in [5, 5.41) is 8.04. The number of benzene rings is 3. The molecular formula is C25H27ClN4O3S. The molecule has 0 aliphatic heterocycles. The molecule has 2 N–H and O–H groups in total. The van der Waals surface area contributed by atoms with Crippen LogP contribution in [0.15, 0.2) is 60.7 Å². The second-order valence-electron chi connectivity index (χ2n) is 7.91. The molecule has 9 heteroatoms. The SMILES string of the molecule is CN(C)CCNC(=O)c1ccc(NC(=O)COC(=S)N(C)c2cccc3ccccc23)c(Cl)c1. The van der Waals surface area contributed by atoms with Crippen LogP contribution in [-0.4, -0.2) is 62.7 Å². The van der Waals surface area contributed by atoms with Gasteiger partial charge in [-0.2, -0.15) is 0 Å².